The highest BCUT2D eigenvalue weighted by atomic mass is 79.9. The number of aliphatic hydroxyl groups excluding tert-OH is 1. The maximum absolute atomic E-state index is 8.26. The molecule has 0 aliphatic heterocycles. The number of halogens is 2. The van der Waals surface area contributed by atoms with Crippen molar-refractivity contribution in [3.05, 3.63) is 0 Å². The second-order valence-corrected chi connectivity index (χ2v) is 3.22. The van der Waals surface area contributed by atoms with Crippen LogP contribution in [0, 0.1) is 0 Å². The SMILES string of the molecule is OCC(O)(Cl)Br. The van der Waals surface area contributed by atoms with E-state index in [2.05, 4.69) is 15.9 Å². The van der Waals surface area contributed by atoms with Crippen LogP contribution in [0.15, 0.2) is 0 Å². The van der Waals surface area contributed by atoms with E-state index in [4.69, 9.17) is 21.8 Å². The summed E-state index contributed by atoms with van der Waals surface area (Å²) in [7, 11) is 0. The van der Waals surface area contributed by atoms with Gasteiger partial charge in [0.05, 0.1) is 6.61 Å². The van der Waals surface area contributed by atoms with Crippen molar-refractivity contribution in [2.24, 2.45) is 0 Å². The molecule has 0 bridgehead atoms. The van der Waals surface area contributed by atoms with Gasteiger partial charge in [-0.1, -0.05) is 11.6 Å². The molecular formula is C2H4BrClO2. The van der Waals surface area contributed by atoms with Crippen LogP contribution >= 0.6 is 27.5 Å². The largest absolute Gasteiger partial charge is 0.391 e. The van der Waals surface area contributed by atoms with E-state index in [9.17, 15) is 0 Å². The summed E-state index contributed by atoms with van der Waals surface area (Å²) in [5.41, 5.74) is 0. The predicted molar refractivity (Wildman–Crippen MR) is 26.8 cm³/mol. The van der Waals surface area contributed by atoms with E-state index in [0.29, 0.717) is 0 Å². The Bertz CT molecular complexity index is 41.3. The van der Waals surface area contributed by atoms with Gasteiger partial charge in [0.1, 0.15) is 0 Å². The minimum Gasteiger partial charge on any atom is -0.391 e. The number of hydrogen-bond acceptors (Lipinski definition) is 2. The zero-order valence-corrected chi connectivity index (χ0v) is 5.20. The Labute approximate surface area is 48.9 Å². The van der Waals surface area contributed by atoms with Crippen LogP contribution in [-0.2, 0) is 0 Å². The Hall–Kier alpha value is 0.690. The molecule has 38 valence electrons. The molecule has 4 heteroatoms. The van der Waals surface area contributed by atoms with Crippen molar-refractivity contribution in [2.75, 3.05) is 6.61 Å². The quantitative estimate of drug-likeness (QED) is 0.561. The molecule has 0 heterocycles. The van der Waals surface area contributed by atoms with Crippen LogP contribution in [0.4, 0.5) is 0 Å². The van der Waals surface area contributed by atoms with E-state index in [1.165, 1.54) is 0 Å². The van der Waals surface area contributed by atoms with Crippen molar-refractivity contribution < 1.29 is 10.2 Å². The van der Waals surface area contributed by atoms with E-state index in [1.54, 1.807) is 0 Å². The third kappa shape index (κ3) is 4.69. The van der Waals surface area contributed by atoms with Gasteiger partial charge in [-0.3, -0.25) is 0 Å². The van der Waals surface area contributed by atoms with Gasteiger partial charge in [-0.2, -0.15) is 0 Å². The van der Waals surface area contributed by atoms with Crippen LogP contribution in [0.5, 0.6) is 0 Å². The lowest BCUT2D eigenvalue weighted by Gasteiger charge is -2.04. The third-order valence-corrected chi connectivity index (χ3v) is 0.561. The lowest BCUT2D eigenvalue weighted by atomic mass is 10.8. The van der Waals surface area contributed by atoms with Gasteiger partial charge in [0.2, 0.25) is 3.97 Å². The summed E-state index contributed by atoms with van der Waals surface area (Å²) in [5, 5.41) is 16.2. The number of hydrogen-bond donors (Lipinski definition) is 2. The molecule has 6 heavy (non-hydrogen) atoms. The molecule has 0 fully saturated rings. The molecular weight excluding hydrogens is 171 g/mol. The molecule has 0 spiro atoms. The van der Waals surface area contributed by atoms with Crippen molar-refractivity contribution in [3.63, 3.8) is 0 Å². The first-order valence-electron chi connectivity index (χ1n) is 1.27. The van der Waals surface area contributed by atoms with E-state index < -0.39 is 10.6 Å². The maximum atomic E-state index is 8.26. The fourth-order valence-corrected chi connectivity index (χ4v) is 0. The lowest BCUT2D eigenvalue weighted by molar-refractivity contribution is 0.135. The third-order valence-electron chi connectivity index (χ3n) is 0.190. The molecule has 0 aliphatic carbocycles. The molecule has 0 saturated carbocycles. The average Bonchev–Trinajstić information content (AvgIpc) is 1.35. The van der Waals surface area contributed by atoms with Gasteiger partial charge in [0.25, 0.3) is 0 Å². The molecule has 2 N–H and O–H groups in total. The van der Waals surface area contributed by atoms with Gasteiger partial charge < -0.3 is 10.2 Å². The molecule has 1 unspecified atom stereocenters. The lowest BCUT2D eigenvalue weighted by Crippen LogP contribution is -2.14. The minimum absolute atomic E-state index is 0.492. The second-order valence-electron chi connectivity index (χ2n) is 0.824. The van der Waals surface area contributed by atoms with Crippen LogP contribution in [0.1, 0.15) is 0 Å². The van der Waals surface area contributed by atoms with Gasteiger partial charge in [-0.25, -0.2) is 0 Å². The zero-order valence-electron chi connectivity index (χ0n) is 2.86. The summed E-state index contributed by atoms with van der Waals surface area (Å²) >= 11 is 7.49. The normalized spacial score (nSPS) is 20.0. The number of rotatable bonds is 1. The van der Waals surface area contributed by atoms with E-state index in [1.807, 2.05) is 0 Å². The smallest absolute Gasteiger partial charge is 0.218 e. The van der Waals surface area contributed by atoms with Gasteiger partial charge in [-0.15, -0.1) is 0 Å². The summed E-state index contributed by atoms with van der Waals surface area (Å²) in [6, 6.07) is 0. The zero-order chi connectivity index (χ0) is 5.21. The molecule has 0 amide bonds. The van der Waals surface area contributed by atoms with Crippen molar-refractivity contribution in [1.82, 2.24) is 0 Å². The number of aliphatic hydroxyl groups is 2. The standard InChI is InChI=1S/C2H4BrClO2/c3-2(4,6)1-5/h5-6H,1H2. The van der Waals surface area contributed by atoms with E-state index in [0.717, 1.165) is 0 Å². The van der Waals surface area contributed by atoms with Crippen molar-refractivity contribution >= 4 is 27.5 Å². The molecule has 0 radical (unpaired) electrons. The molecule has 0 saturated heterocycles. The maximum Gasteiger partial charge on any atom is 0.218 e. The Morgan fingerprint density at radius 3 is 2.00 bits per heavy atom. The Morgan fingerprint density at radius 2 is 2.00 bits per heavy atom. The first-order chi connectivity index (χ1) is 2.56. The summed E-state index contributed by atoms with van der Waals surface area (Å²) in [5.74, 6) is 0. The Kier molecular flexibility index (Phi) is 2.36. The van der Waals surface area contributed by atoms with Crippen molar-refractivity contribution in [3.8, 4) is 0 Å². The summed E-state index contributed by atoms with van der Waals surface area (Å²) < 4.78 is -1.62. The first-order valence-corrected chi connectivity index (χ1v) is 2.44. The molecule has 0 rings (SSSR count). The Balaban J connectivity index is 3.17. The molecule has 2 nitrogen and oxygen atoms in total. The highest BCUT2D eigenvalue weighted by Crippen LogP contribution is 2.16. The molecule has 1 atom stereocenters. The van der Waals surface area contributed by atoms with Crippen LogP contribution in [0.25, 0.3) is 0 Å². The predicted octanol–water partition coefficient (Wildman–Crippen LogP) is 0.259. The van der Waals surface area contributed by atoms with E-state index >= 15 is 0 Å². The van der Waals surface area contributed by atoms with Gasteiger partial charge in [-0.05, 0) is 15.9 Å². The number of alkyl halides is 2. The second kappa shape index (κ2) is 2.12. The van der Waals surface area contributed by atoms with Gasteiger partial charge >= 0.3 is 0 Å². The highest BCUT2D eigenvalue weighted by Gasteiger charge is 2.14. The Morgan fingerprint density at radius 1 is 1.83 bits per heavy atom. The fraction of sp³-hybridized carbons (Fsp3) is 1.00. The molecule has 0 aromatic heterocycles. The fourth-order valence-electron chi connectivity index (χ4n) is 0. The van der Waals surface area contributed by atoms with Crippen LogP contribution in [-0.4, -0.2) is 20.8 Å². The van der Waals surface area contributed by atoms with Crippen molar-refractivity contribution in [2.45, 2.75) is 3.97 Å². The van der Waals surface area contributed by atoms with Crippen LogP contribution in [0.3, 0.4) is 0 Å². The van der Waals surface area contributed by atoms with Crippen LogP contribution < -0.4 is 0 Å². The summed E-state index contributed by atoms with van der Waals surface area (Å²) in [6.07, 6.45) is 0. The highest BCUT2D eigenvalue weighted by molar-refractivity contribution is 9.10. The van der Waals surface area contributed by atoms with Gasteiger partial charge in [0.15, 0.2) is 0 Å². The topological polar surface area (TPSA) is 40.5 Å². The summed E-state index contributed by atoms with van der Waals surface area (Å²) in [4.78, 5) is 0. The molecule has 0 aromatic carbocycles. The summed E-state index contributed by atoms with van der Waals surface area (Å²) in [6.45, 7) is -0.492. The van der Waals surface area contributed by atoms with Crippen LogP contribution in [0.2, 0.25) is 0 Å². The molecule has 0 aliphatic rings. The minimum atomic E-state index is -1.62. The molecule has 0 aromatic rings. The first kappa shape index (κ1) is 6.69. The monoisotopic (exact) mass is 174 g/mol. The van der Waals surface area contributed by atoms with Crippen molar-refractivity contribution in [1.29, 1.82) is 0 Å². The van der Waals surface area contributed by atoms with E-state index in [-0.39, 0.29) is 0 Å². The van der Waals surface area contributed by atoms with Gasteiger partial charge in [0, 0.05) is 0 Å². The average molecular weight is 175 g/mol.